The fraction of sp³-hybridized carbons (Fsp3) is 0.519. The molecule has 370 valence electrons. The molecule has 1 spiro atoms. The zero-order valence-corrected chi connectivity index (χ0v) is 41.7. The molecule has 0 radical (unpaired) electrons. The molecule has 3 fully saturated rings. The van der Waals surface area contributed by atoms with Crippen LogP contribution in [0.4, 0.5) is 0 Å². The number of amides is 3. The number of fused-ring (bicyclic) bond motifs is 6. The predicted octanol–water partition coefficient (Wildman–Crippen LogP) is 6.26. The summed E-state index contributed by atoms with van der Waals surface area (Å²) in [6.45, 7) is 17.0. The molecule has 0 saturated carbocycles. The van der Waals surface area contributed by atoms with E-state index in [1.807, 2.05) is 39.0 Å². The van der Waals surface area contributed by atoms with Crippen LogP contribution in [0.3, 0.4) is 0 Å². The summed E-state index contributed by atoms with van der Waals surface area (Å²) in [5.74, 6) is -2.04. The van der Waals surface area contributed by atoms with E-state index in [2.05, 4.69) is 60.9 Å². The van der Waals surface area contributed by atoms with E-state index in [1.54, 1.807) is 30.3 Å². The maximum absolute atomic E-state index is 14.8. The summed E-state index contributed by atoms with van der Waals surface area (Å²) < 4.78 is 40.7. The van der Waals surface area contributed by atoms with Gasteiger partial charge in [-0.15, -0.1) is 0 Å². The van der Waals surface area contributed by atoms with Gasteiger partial charge in [-0.1, -0.05) is 46.4 Å². The normalized spacial score (nSPS) is 22.1. The summed E-state index contributed by atoms with van der Waals surface area (Å²) in [6.07, 6.45) is 4.04. The molecule has 6 heterocycles. The van der Waals surface area contributed by atoms with Crippen LogP contribution in [0.15, 0.2) is 66.7 Å². The Morgan fingerprint density at radius 2 is 1.78 bits per heavy atom. The lowest BCUT2D eigenvalue weighted by Gasteiger charge is -2.38. The summed E-state index contributed by atoms with van der Waals surface area (Å²) >= 11 is 0. The van der Waals surface area contributed by atoms with E-state index < -0.39 is 56.8 Å². The second kappa shape index (κ2) is 19.6. The van der Waals surface area contributed by atoms with Crippen molar-refractivity contribution >= 4 is 44.6 Å². The number of aromatic nitrogens is 2. The number of phenolic OH excluding ortho intramolecular Hbond substituents is 1. The topological polar surface area (TPSA) is 193 Å². The van der Waals surface area contributed by atoms with Crippen LogP contribution in [0.25, 0.3) is 33.3 Å². The molecule has 4 atom stereocenters. The van der Waals surface area contributed by atoms with Gasteiger partial charge in [0.05, 0.1) is 29.5 Å². The van der Waals surface area contributed by atoms with Crippen LogP contribution < -0.4 is 10.7 Å². The number of hydrazine groups is 1. The number of methoxy groups -OCH3 is 1. The Bertz CT molecular complexity index is 2760. The second-order valence-electron chi connectivity index (χ2n) is 20.4. The van der Waals surface area contributed by atoms with Gasteiger partial charge >= 0.3 is 5.97 Å². The van der Waals surface area contributed by atoms with E-state index in [0.717, 1.165) is 44.4 Å². The number of hydrogen-bond acceptors (Lipinski definition) is 11. The largest absolute Gasteiger partial charge is 0.508 e. The maximum atomic E-state index is 14.8. The molecular weight excluding hydrogens is 899 g/mol. The molecule has 3 amide bonds. The zero-order chi connectivity index (χ0) is 49.6. The predicted molar refractivity (Wildman–Crippen MR) is 263 cm³/mol. The number of sulfonamides is 1. The molecule has 3 saturated heterocycles. The third-order valence-corrected chi connectivity index (χ3v) is 16.2. The van der Waals surface area contributed by atoms with Crippen molar-refractivity contribution in [2.45, 2.75) is 117 Å². The van der Waals surface area contributed by atoms with Crippen molar-refractivity contribution in [3.8, 4) is 28.1 Å². The van der Waals surface area contributed by atoms with Crippen LogP contribution in [0.2, 0.25) is 0 Å². The highest BCUT2D eigenvalue weighted by Gasteiger charge is 2.52. The third kappa shape index (κ3) is 9.79. The number of carbonyl (C=O) groups is 4. The van der Waals surface area contributed by atoms with Gasteiger partial charge in [-0.25, -0.2) is 13.8 Å². The first-order chi connectivity index (χ1) is 32.8. The SMILES string of the molecule is C=CS(=O)(=O)N1CCC2(CCN([C@H](C(=O)N[C@H]3Cc4cc(O)cc(c4)-c4ccc5c(c4)c(c(-c4cccnc4[C@H](C)OC)n5CC)CC(C)(C)COC(=O)[C@@H]4CCCN(N4)C3=O)C(C)C)C2=O)CC1. The number of likely N-dealkylation sites (tertiary alicyclic amines) is 1. The zero-order valence-electron chi connectivity index (χ0n) is 40.9. The van der Waals surface area contributed by atoms with E-state index in [-0.39, 0.29) is 56.3 Å². The molecule has 2 aromatic carbocycles. The monoisotopic (exact) mass is 965 g/mol. The van der Waals surface area contributed by atoms with Gasteiger partial charge in [-0.05, 0) is 117 Å². The number of piperidine rings is 1. The molecule has 6 bridgehead atoms. The lowest BCUT2D eigenvalue weighted by molar-refractivity contribution is -0.155. The Kier molecular flexibility index (Phi) is 14.2. The standard InChI is InChI=1S/C52H67N7O9S/c1-9-57-43-16-15-35-29-39(43)40(46(57)38-13-11-20-53-44(38)33(5)67-8)30-51(6,7)31-68-49(63)41-14-12-21-59(55-41)48(62)42(27-34-25-36(35)28-37(60)26-34)54-47(61)45(32(3)4)58-24-19-52(50(58)64)17-22-56(23-18-52)69(65,66)10-2/h10-11,13,15-16,20,25-26,28-29,32-33,41-42,45,55,60H,2,9,12,14,17-19,21-24,27,30-31H2,1,3-8H3,(H,54,61)/t33-,41-,42-,45-/m0/s1. The number of esters is 1. The van der Waals surface area contributed by atoms with Gasteiger partial charge in [0.2, 0.25) is 21.8 Å². The minimum Gasteiger partial charge on any atom is -0.508 e. The third-order valence-electron chi connectivity index (χ3n) is 14.7. The van der Waals surface area contributed by atoms with Gasteiger partial charge in [-0.2, -0.15) is 4.31 Å². The number of cyclic esters (lactones) is 1. The van der Waals surface area contributed by atoms with Crippen LogP contribution in [0.5, 0.6) is 5.75 Å². The summed E-state index contributed by atoms with van der Waals surface area (Å²) in [6, 6.07) is 12.5. The number of aromatic hydroxyl groups is 1. The molecule has 16 nitrogen and oxygen atoms in total. The van der Waals surface area contributed by atoms with E-state index >= 15 is 0 Å². The Labute approximate surface area is 405 Å². The molecule has 4 aliphatic heterocycles. The van der Waals surface area contributed by atoms with Gasteiger partial charge in [0, 0.05) is 79.7 Å². The number of nitrogens with zero attached hydrogens (tertiary/aromatic N) is 5. The fourth-order valence-electron chi connectivity index (χ4n) is 11.0. The Morgan fingerprint density at radius 3 is 2.48 bits per heavy atom. The quantitative estimate of drug-likeness (QED) is 0.152. The van der Waals surface area contributed by atoms with Crippen LogP contribution in [-0.4, -0.2) is 119 Å². The van der Waals surface area contributed by atoms with Gasteiger partial charge < -0.3 is 29.4 Å². The Hall–Kier alpha value is -5.62. The first-order valence-corrected chi connectivity index (χ1v) is 25.8. The lowest BCUT2D eigenvalue weighted by atomic mass is 9.77. The number of aryl methyl sites for hydroxylation is 1. The molecule has 69 heavy (non-hydrogen) atoms. The summed E-state index contributed by atoms with van der Waals surface area (Å²) in [4.78, 5) is 64.3. The molecule has 4 aliphatic rings. The summed E-state index contributed by atoms with van der Waals surface area (Å²) in [5.41, 5.74) is 8.68. The Balaban J connectivity index is 1.18. The van der Waals surface area contributed by atoms with E-state index in [4.69, 9.17) is 14.5 Å². The fourth-order valence-corrected chi connectivity index (χ4v) is 11.9. The van der Waals surface area contributed by atoms with Gasteiger partial charge in [-0.3, -0.25) is 29.2 Å². The van der Waals surface area contributed by atoms with Crippen molar-refractivity contribution in [3.05, 3.63) is 83.5 Å². The minimum atomic E-state index is -3.64. The van der Waals surface area contributed by atoms with Crippen molar-refractivity contribution in [1.29, 1.82) is 0 Å². The minimum absolute atomic E-state index is 0.0184. The molecule has 2 aromatic heterocycles. The van der Waals surface area contributed by atoms with Crippen molar-refractivity contribution < 1.29 is 42.2 Å². The van der Waals surface area contributed by atoms with Crippen LogP contribution >= 0.6 is 0 Å². The van der Waals surface area contributed by atoms with Crippen molar-refractivity contribution in [2.75, 3.05) is 39.9 Å². The van der Waals surface area contributed by atoms with E-state index in [0.29, 0.717) is 62.7 Å². The number of hydrogen-bond donors (Lipinski definition) is 3. The van der Waals surface area contributed by atoms with E-state index in [1.165, 1.54) is 9.31 Å². The molecular formula is C52H67N7O9S. The average Bonchev–Trinajstić information content (AvgIpc) is 3.80. The highest BCUT2D eigenvalue weighted by atomic mass is 32.2. The highest BCUT2D eigenvalue weighted by Crippen LogP contribution is 2.45. The molecule has 4 aromatic rings. The molecule has 8 rings (SSSR count). The molecule has 0 unspecified atom stereocenters. The molecule has 0 aliphatic carbocycles. The van der Waals surface area contributed by atoms with Crippen molar-refractivity contribution in [3.63, 3.8) is 0 Å². The number of phenols is 1. The maximum Gasteiger partial charge on any atom is 0.324 e. The van der Waals surface area contributed by atoms with Crippen LogP contribution in [0, 0.1) is 16.7 Å². The first kappa shape index (κ1) is 49.8. The summed E-state index contributed by atoms with van der Waals surface area (Å²) in [5, 5.41) is 17.7. The van der Waals surface area contributed by atoms with Crippen molar-refractivity contribution in [2.24, 2.45) is 16.7 Å². The smallest absolute Gasteiger partial charge is 0.324 e. The highest BCUT2D eigenvalue weighted by molar-refractivity contribution is 7.92. The summed E-state index contributed by atoms with van der Waals surface area (Å²) in [7, 11) is -1.97. The number of pyridine rings is 1. The van der Waals surface area contributed by atoms with Gasteiger partial charge in [0.1, 0.15) is 23.9 Å². The average molecular weight is 966 g/mol. The molecule has 17 heteroatoms. The van der Waals surface area contributed by atoms with E-state index in [9.17, 15) is 32.7 Å². The first-order valence-electron chi connectivity index (χ1n) is 24.2. The van der Waals surface area contributed by atoms with Gasteiger partial charge in [0.15, 0.2) is 0 Å². The second-order valence-corrected chi connectivity index (χ2v) is 22.2. The lowest BCUT2D eigenvalue weighted by Crippen LogP contribution is -2.62. The Morgan fingerprint density at radius 1 is 1.04 bits per heavy atom. The van der Waals surface area contributed by atoms with Crippen LogP contribution in [0.1, 0.15) is 96.6 Å². The number of rotatable bonds is 10. The molecule has 3 N–H and O–H groups in total. The number of carbonyl (C=O) groups excluding carboxylic acids is 4. The van der Waals surface area contributed by atoms with Crippen molar-refractivity contribution in [1.82, 2.24) is 34.5 Å². The number of ether oxygens (including phenoxy) is 2. The number of benzene rings is 2. The van der Waals surface area contributed by atoms with Gasteiger partial charge in [0.25, 0.3) is 5.91 Å². The number of nitrogens with one attached hydrogen (secondary N) is 2. The van der Waals surface area contributed by atoms with Crippen LogP contribution in [-0.2, 0) is 58.1 Å².